The lowest BCUT2D eigenvalue weighted by molar-refractivity contribution is 0.132. The van der Waals surface area contributed by atoms with Gasteiger partial charge in [0.2, 0.25) is 6.23 Å². The van der Waals surface area contributed by atoms with Crippen LogP contribution in [-0.2, 0) is 4.74 Å². The molecule has 0 fully saturated rings. The maximum absolute atomic E-state index is 10.9. The fourth-order valence-electron chi connectivity index (χ4n) is 1.45. The number of halogens is 2. The van der Waals surface area contributed by atoms with Crippen LogP contribution in [0.4, 0.5) is 4.79 Å². The highest BCUT2D eigenvalue weighted by Crippen LogP contribution is 2.37. The lowest BCUT2D eigenvalue weighted by Crippen LogP contribution is -2.07. The van der Waals surface area contributed by atoms with Crippen molar-refractivity contribution >= 4 is 29.3 Å². The Balaban J connectivity index is 2.35. The first-order valence-corrected chi connectivity index (χ1v) is 6.00. The first-order chi connectivity index (χ1) is 8.47. The van der Waals surface area contributed by atoms with Gasteiger partial charge >= 0.3 is 6.09 Å². The van der Waals surface area contributed by atoms with Crippen LogP contribution in [0.25, 0.3) is 0 Å². The number of rotatable bonds is 3. The van der Waals surface area contributed by atoms with E-state index in [1.807, 2.05) is 13.8 Å². The molecule has 0 radical (unpaired) electrons. The van der Waals surface area contributed by atoms with Crippen LogP contribution in [0.2, 0.25) is 10.0 Å². The van der Waals surface area contributed by atoms with Crippen molar-refractivity contribution in [3.63, 3.8) is 0 Å². The quantitative estimate of drug-likeness (QED) is 0.829. The summed E-state index contributed by atoms with van der Waals surface area (Å²) in [6.07, 6.45) is -1.61. The van der Waals surface area contributed by atoms with Crippen molar-refractivity contribution in [2.45, 2.75) is 26.2 Å². The van der Waals surface area contributed by atoms with Crippen LogP contribution in [-0.4, -0.2) is 12.2 Å². The third-order valence-electron chi connectivity index (χ3n) is 2.14. The number of amides is 1. The maximum Gasteiger partial charge on any atom is 0.454 e. The third-order valence-corrected chi connectivity index (χ3v) is 2.76. The van der Waals surface area contributed by atoms with Crippen molar-refractivity contribution in [1.29, 1.82) is 0 Å². The summed E-state index contributed by atoms with van der Waals surface area (Å²) in [5.41, 5.74) is 0.492. The van der Waals surface area contributed by atoms with Crippen molar-refractivity contribution < 1.29 is 14.3 Å². The standard InChI is InChI=1S/C11H10Cl2N2O3/c1-5(2)17-9-3-6(7(12)4-8(9)13)10-14-15-11(16)18-10/h3-5,10H,1-2H3. The van der Waals surface area contributed by atoms with Gasteiger partial charge in [-0.25, -0.2) is 4.79 Å². The SMILES string of the molecule is CC(C)Oc1cc(C2N=NC(=O)O2)c(Cl)cc1Cl. The van der Waals surface area contributed by atoms with Crippen LogP contribution in [0.5, 0.6) is 5.75 Å². The largest absolute Gasteiger partial charge is 0.489 e. The summed E-state index contributed by atoms with van der Waals surface area (Å²) in [6, 6.07) is 3.13. The predicted molar refractivity (Wildman–Crippen MR) is 66.3 cm³/mol. The molecule has 0 aromatic heterocycles. The van der Waals surface area contributed by atoms with Crippen molar-refractivity contribution in [2.75, 3.05) is 0 Å². The van der Waals surface area contributed by atoms with Gasteiger partial charge in [0.1, 0.15) is 5.75 Å². The Labute approximate surface area is 114 Å². The van der Waals surface area contributed by atoms with E-state index in [2.05, 4.69) is 10.2 Å². The Morgan fingerprint density at radius 3 is 2.61 bits per heavy atom. The van der Waals surface area contributed by atoms with Gasteiger partial charge in [0.15, 0.2) is 0 Å². The van der Waals surface area contributed by atoms with E-state index in [4.69, 9.17) is 32.7 Å². The normalized spacial score (nSPS) is 18.3. The van der Waals surface area contributed by atoms with Crippen molar-refractivity contribution in [3.05, 3.63) is 27.7 Å². The number of hydrogen-bond donors (Lipinski definition) is 0. The third kappa shape index (κ3) is 2.73. The van der Waals surface area contributed by atoms with Crippen LogP contribution in [0.3, 0.4) is 0 Å². The van der Waals surface area contributed by atoms with Gasteiger partial charge in [-0.05, 0) is 26.0 Å². The number of azo groups is 1. The topological polar surface area (TPSA) is 60.2 Å². The summed E-state index contributed by atoms with van der Waals surface area (Å²) >= 11 is 12.0. The minimum atomic E-state index is -0.836. The highest BCUT2D eigenvalue weighted by atomic mass is 35.5. The molecular formula is C11H10Cl2N2O3. The van der Waals surface area contributed by atoms with Crippen LogP contribution < -0.4 is 4.74 Å². The zero-order valence-electron chi connectivity index (χ0n) is 9.68. The number of nitrogens with zero attached hydrogens (tertiary/aromatic N) is 2. The molecule has 1 heterocycles. The minimum Gasteiger partial charge on any atom is -0.489 e. The number of carbonyl (C=O) groups is 1. The minimum absolute atomic E-state index is 0.0377. The molecule has 1 aromatic carbocycles. The van der Waals surface area contributed by atoms with E-state index in [0.717, 1.165) is 0 Å². The molecule has 7 heteroatoms. The molecule has 1 amide bonds. The molecule has 5 nitrogen and oxygen atoms in total. The molecule has 1 unspecified atom stereocenters. The zero-order chi connectivity index (χ0) is 13.3. The van der Waals surface area contributed by atoms with E-state index in [0.29, 0.717) is 21.4 Å². The Morgan fingerprint density at radius 2 is 2.06 bits per heavy atom. The van der Waals surface area contributed by atoms with E-state index >= 15 is 0 Å². The molecule has 0 saturated heterocycles. The average Bonchev–Trinajstić information content (AvgIpc) is 2.68. The van der Waals surface area contributed by atoms with Crippen molar-refractivity contribution in [1.82, 2.24) is 0 Å². The molecule has 0 aliphatic carbocycles. The first-order valence-electron chi connectivity index (χ1n) is 5.24. The van der Waals surface area contributed by atoms with E-state index in [-0.39, 0.29) is 6.10 Å². The van der Waals surface area contributed by atoms with Crippen LogP contribution in [0.1, 0.15) is 25.6 Å². The molecule has 1 aliphatic rings. The van der Waals surface area contributed by atoms with Gasteiger partial charge in [-0.3, -0.25) is 0 Å². The maximum atomic E-state index is 10.9. The second kappa shape index (κ2) is 5.12. The highest BCUT2D eigenvalue weighted by Gasteiger charge is 2.25. The van der Waals surface area contributed by atoms with Crippen LogP contribution in [0.15, 0.2) is 22.4 Å². The second-order valence-corrected chi connectivity index (χ2v) is 4.74. The molecular weight excluding hydrogens is 279 g/mol. The van der Waals surface area contributed by atoms with Crippen LogP contribution >= 0.6 is 23.2 Å². The Morgan fingerprint density at radius 1 is 1.33 bits per heavy atom. The Bertz CT molecular complexity index is 517. The summed E-state index contributed by atoms with van der Waals surface area (Å²) in [5.74, 6) is 0.462. The fraction of sp³-hybridized carbons (Fsp3) is 0.364. The van der Waals surface area contributed by atoms with Gasteiger partial charge in [0, 0.05) is 5.56 Å². The molecule has 18 heavy (non-hydrogen) atoms. The van der Waals surface area contributed by atoms with E-state index in [1.165, 1.54) is 6.07 Å². The number of carbonyl (C=O) groups excluding carboxylic acids is 1. The molecule has 1 atom stereocenters. The van der Waals surface area contributed by atoms with E-state index < -0.39 is 12.3 Å². The molecule has 2 rings (SSSR count). The fourth-order valence-corrected chi connectivity index (χ4v) is 1.97. The molecule has 0 spiro atoms. The number of ether oxygens (including phenoxy) is 2. The molecule has 1 aliphatic heterocycles. The van der Waals surface area contributed by atoms with E-state index in [9.17, 15) is 4.79 Å². The molecule has 0 bridgehead atoms. The van der Waals surface area contributed by atoms with Gasteiger partial charge in [-0.15, -0.1) is 5.11 Å². The first kappa shape index (κ1) is 13.1. The Kier molecular flexibility index (Phi) is 3.73. The van der Waals surface area contributed by atoms with Gasteiger partial charge < -0.3 is 9.47 Å². The number of hydrogen-bond acceptors (Lipinski definition) is 4. The smallest absolute Gasteiger partial charge is 0.454 e. The summed E-state index contributed by atoms with van der Waals surface area (Å²) in [7, 11) is 0. The van der Waals surface area contributed by atoms with E-state index in [1.54, 1.807) is 6.07 Å². The van der Waals surface area contributed by atoms with Gasteiger partial charge in [-0.1, -0.05) is 28.3 Å². The van der Waals surface area contributed by atoms with Crippen molar-refractivity contribution in [3.8, 4) is 5.75 Å². The highest BCUT2D eigenvalue weighted by molar-refractivity contribution is 6.36. The number of cyclic esters (lactones) is 1. The summed E-state index contributed by atoms with van der Waals surface area (Å²) in [5, 5.41) is 7.68. The monoisotopic (exact) mass is 288 g/mol. The zero-order valence-corrected chi connectivity index (χ0v) is 11.2. The molecule has 0 N–H and O–H groups in total. The van der Waals surface area contributed by atoms with Gasteiger partial charge in [0.25, 0.3) is 0 Å². The summed E-state index contributed by atoms with van der Waals surface area (Å²) in [6.45, 7) is 3.75. The van der Waals surface area contributed by atoms with Crippen LogP contribution in [0, 0.1) is 0 Å². The molecule has 96 valence electrons. The number of benzene rings is 1. The molecule has 1 aromatic rings. The van der Waals surface area contributed by atoms with Gasteiger partial charge in [-0.2, -0.15) is 0 Å². The summed E-state index contributed by atoms with van der Waals surface area (Å²) in [4.78, 5) is 10.9. The second-order valence-electron chi connectivity index (χ2n) is 3.92. The predicted octanol–water partition coefficient (Wildman–Crippen LogP) is 4.38. The average molecular weight is 289 g/mol. The van der Waals surface area contributed by atoms with Crippen molar-refractivity contribution in [2.24, 2.45) is 10.2 Å². The van der Waals surface area contributed by atoms with Gasteiger partial charge in [0.05, 0.1) is 16.1 Å². The lowest BCUT2D eigenvalue weighted by Gasteiger charge is -2.15. The Hall–Kier alpha value is -1.33. The molecule has 0 saturated carbocycles. The lowest BCUT2D eigenvalue weighted by atomic mass is 10.2. The summed E-state index contributed by atoms with van der Waals surface area (Å²) < 4.78 is 10.4.